The van der Waals surface area contributed by atoms with Crippen molar-refractivity contribution in [3.63, 3.8) is 0 Å². The van der Waals surface area contributed by atoms with E-state index in [1.54, 1.807) is 12.1 Å². The number of aryl methyl sites for hydroxylation is 1. The lowest BCUT2D eigenvalue weighted by atomic mass is 10.0. The highest BCUT2D eigenvalue weighted by Crippen LogP contribution is 2.40. The number of carbonyl (C=O) groups excluding carboxylic acids is 3. The van der Waals surface area contributed by atoms with Crippen molar-refractivity contribution in [2.24, 2.45) is 5.16 Å². The zero-order chi connectivity index (χ0) is 29.8. The van der Waals surface area contributed by atoms with Gasteiger partial charge >= 0.3 is 11.9 Å². The molecule has 2 aliphatic rings. The molecule has 0 spiro atoms. The molecule has 0 aliphatic carbocycles. The Balaban J connectivity index is 0.000000336. The van der Waals surface area contributed by atoms with Gasteiger partial charge in [-0.3, -0.25) is 19.0 Å². The van der Waals surface area contributed by atoms with Crippen LogP contribution in [0.3, 0.4) is 0 Å². The van der Waals surface area contributed by atoms with Crippen LogP contribution in [0.25, 0.3) is 0 Å². The maximum Gasteiger partial charge on any atom is 0.352 e. The summed E-state index contributed by atoms with van der Waals surface area (Å²) >= 11 is 2.34. The molecule has 2 aliphatic heterocycles. The predicted molar refractivity (Wildman–Crippen MR) is 146 cm³/mol. The van der Waals surface area contributed by atoms with Gasteiger partial charge < -0.3 is 21.0 Å². The SMILES string of the molecule is C=CC1=C(C(=O)O)N2C(=O)C(NC(=O)/C(=N/OC(C)=O)c3csc(N)n3)[C@H]2SC1.Cc1ccc(S(=O)(=O)O)cc1. The van der Waals surface area contributed by atoms with Crippen LogP contribution in [0.15, 0.2) is 63.6 Å². The third-order valence-electron chi connectivity index (χ3n) is 5.30. The number of nitrogens with one attached hydrogen (secondary N) is 1. The number of carboxylic acids is 1. The number of nitrogen functional groups attached to an aromatic ring is 1. The summed E-state index contributed by atoms with van der Waals surface area (Å²) < 4.78 is 29.6. The predicted octanol–water partition coefficient (Wildman–Crippen LogP) is 1.16. The van der Waals surface area contributed by atoms with Gasteiger partial charge in [-0.1, -0.05) is 35.5 Å². The standard InChI is InChI=1S/C16H15N5O6S2.C7H8O3S/c1-3-7-4-28-14-10(13(24)21(14)11(7)15(25)26)19-12(23)9(20-27-6(2)22)8-5-29-16(17)18-8;1-6-2-4-7(5-3-6)11(8,9)10/h3,5,10,14H,1,4H2,2H3,(H2,17,18)(H,19,23)(H,25,26);2-5H,1H3,(H,8,9,10)/b20-9+;/t10?,14-;/m1./s1. The molecule has 17 heteroatoms. The van der Waals surface area contributed by atoms with Gasteiger partial charge in [0.1, 0.15) is 22.8 Å². The van der Waals surface area contributed by atoms with Crippen molar-refractivity contribution < 1.29 is 42.1 Å². The average Bonchev–Trinajstić information content (AvgIpc) is 3.31. The molecule has 0 saturated carbocycles. The molecule has 14 nitrogen and oxygen atoms in total. The van der Waals surface area contributed by atoms with E-state index in [1.807, 2.05) is 6.92 Å². The number of amides is 2. The Morgan fingerprint density at radius 2 is 1.95 bits per heavy atom. The van der Waals surface area contributed by atoms with E-state index in [4.69, 9.17) is 10.3 Å². The highest BCUT2D eigenvalue weighted by atomic mass is 32.2. The highest BCUT2D eigenvalue weighted by molar-refractivity contribution is 8.00. The van der Waals surface area contributed by atoms with Crippen LogP contribution in [-0.2, 0) is 34.1 Å². The fourth-order valence-electron chi connectivity index (χ4n) is 3.43. The summed E-state index contributed by atoms with van der Waals surface area (Å²) in [5.41, 5.74) is 6.54. The van der Waals surface area contributed by atoms with Crippen molar-refractivity contribution in [1.82, 2.24) is 15.2 Å². The lowest BCUT2D eigenvalue weighted by molar-refractivity contribution is -0.150. The number of aromatic nitrogens is 1. The summed E-state index contributed by atoms with van der Waals surface area (Å²) in [6.07, 6.45) is 1.39. The second kappa shape index (κ2) is 12.4. The van der Waals surface area contributed by atoms with Gasteiger partial charge in [0.25, 0.3) is 21.9 Å². The van der Waals surface area contributed by atoms with E-state index in [-0.39, 0.29) is 27.1 Å². The minimum atomic E-state index is -4.02. The van der Waals surface area contributed by atoms with Crippen molar-refractivity contribution in [3.05, 3.63) is 64.8 Å². The van der Waals surface area contributed by atoms with Crippen LogP contribution >= 0.6 is 23.1 Å². The van der Waals surface area contributed by atoms with Gasteiger partial charge in [0.2, 0.25) is 0 Å². The fourth-order valence-corrected chi connectivity index (χ4v) is 5.80. The first-order valence-electron chi connectivity index (χ1n) is 11.1. The molecule has 4 rings (SSSR count). The summed E-state index contributed by atoms with van der Waals surface area (Å²) in [5.74, 6) is -3.08. The van der Waals surface area contributed by atoms with Gasteiger partial charge in [-0.25, -0.2) is 14.6 Å². The molecule has 2 aromatic rings. The zero-order valence-corrected chi connectivity index (χ0v) is 23.4. The molecule has 1 aromatic carbocycles. The number of oxime groups is 1. The molecular formula is C23H23N5O9S3. The number of thiazole rings is 1. The van der Waals surface area contributed by atoms with Crippen LogP contribution in [0.2, 0.25) is 0 Å². The molecule has 40 heavy (non-hydrogen) atoms. The Morgan fingerprint density at radius 1 is 1.30 bits per heavy atom. The Bertz CT molecular complexity index is 1530. The van der Waals surface area contributed by atoms with Gasteiger partial charge in [-0.05, 0) is 24.6 Å². The number of allylic oxidation sites excluding steroid dienone is 1. The molecule has 5 N–H and O–H groups in total. The second-order valence-electron chi connectivity index (χ2n) is 8.13. The van der Waals surface area contributed by atoms with E-state index >= 15 is 0 Å². The zero-order valence-electron chi connectivity index (χ0n) is 20.9. The van der Waals surface area contributed by atoms with E-state index in [1.165, 1.54) is 35.4 Å². The summed E-state index contributed by atoms with van der Waals surface area (Å²) in [5, 5.41) is 16.5. The lowest BCUT2D eigenvalue weighted by Crippen LogP contribution is -2.71. The number of anilines is 1. The van der Waals surface area contributed by atoms with Crippen LogP contribution in [0.1, 0.15) is 18.2 Å². The molecule has 2 amide bonds. The van der Waals surface area contributed by atoms with E-state index in [0.717, 1.165) is 28.7 Å². The summed E-state index contributed by atoms with van der Waals surface area (Å²) in [6, 6.07) is 5.01. The van der Waals surface area contributed by atoms with Gasteiger partial charge in [0.15, 0.2) is 10.8 Å². The number of carbonyl (C=O) groups is 4. The van der Waals surface area contributed by atoms with E-state index in [2.05, 4.69) is 26.9 Å². The number of hydrogen-bond donors (Lipinski definition) is 4. The molecule has 1 unspecified atom stereocenters. The number of aliphatic carboxylic acids is 1. The van der Waals surface area contributed by atoms with E-state index < -0.39 is 45.3 Å². The third-order valence-corrected chi connectivity index (χ3v) is 8.14. The minimum absolute atomic E-state index is 0.0666. The molecule has 1 fully saturated rings. The lowest BCUT2D eigenvalue weighted by Gasteiger charge is -2.49. The first kappa shape index (κ1) is 30.5. The normalized spacial score (nSPS) is 18.5. The van der Waals surface area contributed by atoms with Crippen molar-refractivity contribution in [1.29, 1.82) is 0 Å². The van der Waals surface area contributed by atoms with Gasteiger partial charge in [0.05, 0.1) is 4.90 Å². The number of benzene rings is 1. The number of hydrogen-bond acceptors (Lipinski definition) is 12. The summed E-state index contributed by atoms with van der Waals surface area (Å²) in [4.78, 5) is 57.4. The number of β-lactam (4-membered cyclic amide) rings is 1. The van der Waals surface area contributed by atoms with Gasteiger partial charge in [-0.15, -0.1) is 23.1 Å². The maximum absolute atomic E-state index is 12.7. The quantitative estimate of drug-likeness (QED) is 0.114. The van der Waals surface area contributed by atoms with Crippen molar-refractivity contribution in [2.75, 3.05) is 11.5 Å². The Kier molecular flexibility index (Phi) is 9.46. The van der Waals surface area contributed by atoms with E-state index in [0.29, 0.717) is 11.3 Å². The van der Waals surface area contributed by atoms with Crippen LogP contribution in [-0.4, -0.2) is 74.6 Å². The molecule has 2 atom stereocenters. The molecule has 1 saturated heterocycles. The monoisotopic (exact) mass is 609 g/mol. The maximum atomic E-state index is 12.7. The average molecular weight is 610 g/mol. The molecule has 0 radical (unpaired) electrons. The molecule has 212 valence electrons. The first-order chi connectivity index (χ1) is 18.7. The van der Waals surface area contributed by atoms with Gasteiger partial charge in [-0.2, -0.15) is 8.42 Å². The number of nitrogens with two attached hydrogens (primary N) is 1. The number of fused-ring (bicyclic) bond motifs is 1. The summed E-state index contributed by atoms with van der Waals surface area (Å²) in [6.45, 7) is 6.52. The number of nitrogens with zero attached hydrogens (tertiary/aromatic N) is 3. The van der Waals surface area contributed by atoms with Crippen LogP contribution in [0, 0.1) is 6.92 Å². The molecule has 0 bridgehead atoms. The van der Waals surface area contributed by atoms with Crippen molar-refractivity contribution in [2.45, 2.75) is 30.2 Å². The molecule has 1 aromatic heterocycles. The number of thioether (sulfide) groups is 1. The van der Waals surface area contributed by atoms with Crippen molar-refractivity contribution >= 4 is 67.8 Å². The number of carboxylic acid groups (broad SMARTS) is 1. The van der Waals surface area contributed by atoms with Crippen molar-refractivity contribution in [3.8, 4) is 0 Å². The summed E-state index contributed by atoms with van der Waals surface area (Å²) in [7, 11) is -4.02. The molecule has 3 heterocycles. The van der Waals surface area contributed by atoms with Crippen LogP contribution < -0.4 is 11.1 Å². The largest absolute Gasteiger partial charge is 0.477 e. The Labute approximate surface area is 236 Å². The topological polar surface area (TPSA) is 219 Å². The first-order valence-corrected chi connectivity index (χ1v) is 14.5. The van der Waals surface area contributed by atoms with E-state index in [9.17, 15) is 32.7 Å². The van der Waals surface area contributed by atoms with Crippen LogP contribution in [0.4, 0.5) is 5.13 Å². The number of rotatable bonds is 7. The van der Waals surface area contributed by atoms with Crippen LogP contribution in [0.5, 0.6) is 0 Å². The fraction of sp³-hybridized carbons (Fsp3) is 0.217. The smallest absolute Gasteiger partial charge is 0.352 e. The Morgan fingerprint density at radius 3 is 2.45 bits per heavy atom. The highest BCUT2D eigenvalue weighted by Gasteiger charge is 2.54. The third kappa shape index (κ3) is 6.92. The Hall–Kier alpha value is -4.06. The molecular weight excluding hydrogens is 586 g/mol. The second-order valence-corrected chi connectivity index (χ2v) is 11.5. The van der Waals surface area contributed by atoms with Gasteiger partial charge in [0, 0.05) is 18.1 Å². The minimum Gasteiger partial charge on any atom is -0.477 e.